The summed E-state index contributed by atoms with van der Waals surface area (Å²) in [6, 6.07) is 17.2. The highest BCUT2D eigenvalue weighted by Crippen LogP contribution is 2.23. The summed E-state index contributed by atoms with van der Waals surface area (Å²) >= 11 is 5.99. The molecule has 136 valence electrons. The van der Waals surface area contributed by atoms with Crippen LogP contribution in [0.4, 0.5) is 5.69 Å². The molecule has 4 rings (SSSR count). The van der Waals surface area contributed by atoms with Crippen LogP contribution in [-0.2, 0) is 13.1 Å². The molecule has 2 aromatic carbocycles. The fraction of sp³-hybridized carbons (Fsp3) is 0.381. The third-order valence-corrected chi connectivity index (χ3v) is 5.53. The van der Waals surface area contributed by atoms with Gasteiger partial charge in [-0.2, -0.15) is 5.10 Å². The summed E-state index contributed by atoms with van der Waals surface area (Å²) in [7, 11) is 0. The summed E-state index contributed by atoms with van der Waals surface area (Å²) in [5, 5.41) is 10.6. The van der Waals surface area contributed by atoms with Gasteiger partial charge in [-0.25, -0.2) is 0 Å². The second-order valence-corrected chi connectivity index (χ2v) is 7.33. The molecule has 1 aliphatic rings. The van der Waals surface area contributed by atoms with Crippen molar-refractivity contribution in [3.05, 3.63) is 59.2 Å². The molecule has 0 unspecified atom stereocenters. The van der Waals surface area contributed by atoms with Crippen LogP contribution in [-0.4, -0.2) is 28.9 Å². The second kappa shape index (κ2) is 7.68. The van der Waals surface area contributed by atoms with Crippen molar-refractivity contribution in [2.45, 2.75) is 38.9 Å². The van der Waals surface area contributed by atoms with E-state index in [9.17, 15) is 0 Å². The van der Waals surface area contributed by atoms with Crippen LogP contribution in [0, 0.1) is 0 Å². The van der Waals surface area contributed by atoms with E-state index in [4.69, 9.17) is 16.7 Å². The van der Waals surface area contributed by atoms with Crippen LogP contribution >= 0.6 is 11.6 Å². The Morgan fingerprint density at radius 2 is 1.81 bits per heavy atom. The zero-order valence-corrected chi connectivity index (χ0v) is 15.9. The molecule has 0 aliphatic carbocycles. The standard InChI is InChI=1S/C21H25ClN4/c1-2-26-21-6-4-3-5-19(21)20(24-26)15-23-17-11-13-25(14-12-17)18-9-7-16(22)8-10-18/h3-10,17,23H,2,11-15H2,1H3. The molecule has 2 heterocycles. The minimum absolute atomic E-state index is 0.545. The van der Waals surface area contributed by atoms with Crippen molar-refractivity contribution in [2.75, 3.05) is 18.0 Å². The lowest BCUT2D eigenvalue weighted by Crippen LogP contribution is -2.42. The molecule has 0 amide bonds. The van der Waals surface area contributed by atoms with Crippen LogP contribution in [0.3, 0.4) is 0 Å². The number of aromatic nitrogens is 2. The minimum atomic E-state index is 0.545. The highest BCUT2D eigenvalue weighted by Gasteiger charge is 2.20. The number of nitrogens with zero attached hydrogens (tertiary/aromatic N) is 3. The molecular weight excluding hydrogens is 344 g/mol. The zero-order chi connectivity index (χ0) is 17.9. The van der Waals surface area contributed by atoms with Crippen molar-refractivity contribution in [2.24, 2.45) is 0 Å². The SMILES string of the molecule is CCn1nc(CNC2CCN(c3ccc(Cl)cc3)CC2)c2ccccc21. The molecule has 4 nitrogen and oxygen atoms in total. The summed E-state index contributed by atoms with van der Waals surface area (Å²) in [6.07, 6.45) is 2.30. The Kier molecular flexibility index (Phi) is 5.14. The molecule has 3 aromatic rings. The van der Waals surface area contributed by atoms with E-state index < -0.39 is 0 Å². The van der Waals surface area contributed by atoms with Crippen LogP contribution in [0.25, 0.3) is 10.9 Å². The number of fused-ring (bicyclic) bond motifs is 1. The number of halogens is 1. The van der Waals surface area contributed by atoms with Crippen molar-refractivity contribution in [1.29, 1.82) is 0 Å². The van der Waals surface area contributed by atoms with Gasteiger partial charge in [0.1, 0.15) is 0 Å². The van der Waals surface area contributed by atoms with Crippen LogP contribution in [0.5, 0.6) is 0 Å². The van der Waals surface area contributed by atoms with Gasteiger partial charge in [-0.3, -0.25) is 4.68 Å². The first-order chi connectivity index (χ1) is 12.7. The van der Waals surface area contributed by atoms with Crippen molar-refractivity contribution >= 4 is 28.2 Å². The molecule has 5 heteroatoms. The highest BCUT2D eigenvalue weighted by molar-refractivity contribution is 6.30. The number of rotatable bonds is 5. The molecule has 1 saturated heterocycles. The predicted octanol–water partition coefficient (Wildman–Crippen LogP) is 4.47. The molecule has 1 aliphatic heterocycles. The summed E-state index contributed by atoms with van der Waals surface area (Å²) in [6.45, 7) is 6.02. The summed E-state index contributed by atoms with van der Waals surface area (Å²) in [4.78, 5) is 2.44. The van der Waals surface area contributed by atoms with E-state index in [0.29, 0.717) is 6.04 Å². The lowest BCUT2D eigenvalue weighted by atomic mass is 10.0. The molecule has 1 N–H and O–H groups in total. The van der Waals surface area contributed by atoms with E-state index in [1.807, 2.05) is 12.1 Å². The molecule has 26 heavy (non-hydrogen) atoms. The Morgan fingerprint density at radius 3 is 2.54 bits per heavy atom. The van der Waals surface area contributed by atoms with E-state index in [1.54, 1.807) is 0 Å². The van der Waals surface area contributed by atoms with Gasteiger partial charge >= 0.3 is 0 Å². The fourth-order valence-electron chi connectivity index (χ4n) is 3.80. The number of piperidine rings is 1. The fourth-order valence-corrected chi connectivity index (χ4v) is 3.93. The Hall–Kier alpha value is -2.04. The summed E-state index contributed by atoms with van der Waals surface area (Å²) in [5.74, 6) is 0. The zero-order valence-electron chi connectivity index (χ0n) is 15.2. The third kappa shape index (κ3) is 3.57. The molecular formula is C21H25ClN4. The first kappa shape index (κ1) is 17.4. The molecule has 1 aromatic heterocycles. The monoisotopic (exact) mass is 368 g/mol. The number of para-hydroxylation sites is 1. The Morgan fingerprint density at radius 1 is 1.08 bits per heavy atom. The number of hydrogen-bond donors (Lipinski definition) is 1. The number of nitrogens with one attached hydrogen (secondary N) is 1. The largest absolute Gasteiger partial charge is 0.371 e. The van der Waals surface area contributed by atoms with Gasteiger partial charge in [0.2, 0.25) is 0 Å². The summed E-state index contributed by atoms with van der Waals surface area (Å²) in [5.41, 5.74) is 3.65. The molecule has 0 radical (unpaired) electrons. The summed E-state index contributed by atoms with van der Waals surface area (Å²) < 4.78 is 2.09. The van der Waals surface area contributed by atoms with Crippen molar-refractivity contribution < 1.29 is 0 Å². The van der Waals surface area contributed by atoms with Gasteiger partial charge < -0.3 is 10.2 Å². The average molecular weight is 369 g/mol. The van der Waals surface area contributed by atoms with E-state index >= 15 is 0 Å². The lowest BCUT2D eigenvalue weighted by Gasteiger charge is -2.34. The predicted molar refractivity (Wildman–Crippen MR) is 109 cm³/mol. The number of aryl methyl sites for hydroxylation is 1. The van der Waals surface area contributed by atoms with Gasteiger partial charge in [0.15, 0.2) is 0 Å². The maximum absolute atomic E-state index is 5.99. The molecule has 0 saturated carbocycles. The average Bonchev–Trinajstić information content (AvgIpc) is 3.05. The molecule has 1 fully saturated rings. The normalized spacial score (nSPS) is 15.7. The molecule has 0 atom stereocenters. The Labute approximate surface area is 159 Å². The Balaban J connectivity index is 1.36. The van der Waals surface area contributed by atoms with Crippen LogP contribution in [0.1, 0.15) is 25.5 Å². The van der Waals surface area contributed by atoms with Crippen LogP contribution in [0.2, 0.25) is 5.02 Å². The number of hydrogen-bond acceptors (Lipinski definition) is 3. The highest BCUT2D eigenvalue weighted by atomic mass is 35.5. The first-order valence-corrected chi connectivity index (χ1v) is 9.80. The number of benzene rings is 2. The smallest absolute Gasteiger partial charge is 0.0841 e. The van der Waals surface area contributed by atoms with Crippen molar-refractivity contribution in [3.63, 3.8) is 0 Å². The maximum atomic E-state index is 5.99. The van der Waals surface area contributed by atoms with Crippen LogP contribution < -0.4 is 10.2 Å². The van der Waals surface area contributed by atoms with Gasteiger partial charge in [-0.15, -0.1) is 0 Å². The third-order valence-electron chi connectivity index (χ3n) is 5.28. The number of anilines is 1. The van der Waals surface area contributed by atoms with Crippen molar-refractivity contribution in [1.82, 2.24) is 15.1 Å². The minimum Gasteiger partial charge on any atom is -0.371 e. The van der Waals surface area contributed by atoms with Gasteiger partial charge in [0.25, 0.3) is 0 Å². The molecule has 0 bridgehead atoms. The van der Waals surface area contributed by atoms with Crippen LogP contribution in [0.15, 0.2) is 48.5 Å². The topological polar surface area (TPSA) is 33.1 Å². The van der Waals surface area contributed by atoms with E-state index in [1.165, 1.54) is 16.6 Å². The van der Waals surface area contributed by atoms with E-state index in [2.05, 4.69) is 58.2 Å². The van der Waals surface area contributed by atoms with Gasteiger partial charge in [0, 0.05) is 48.3 Å². The van der Waals surface area contributed by atoms with Gasteiger partial charge in [-0.1, -0.05) is 29.8 Å². The van der Waals surface area contributed by atoms with Gasteiger partial charge in [-0.05, 0) is 50.1 Å². The first-order valence-electron chi connectivity index (χ1n) is 9.43. The van der Waals surface area contributed by atoms with Crippen molar-refractivity contribution in [3.8, 4) is 0 Å². The van der Waals surface area contributed by atoms with Gasteiger partial charge in [0.05, 0.1) is 11.2 Å². The lowest BCUT2D eigenvalue weighted by molar-refractivity contribution is 0.411. The molecule has 0 spiro atoms. The van der Waals surface area contributed by atoms with E-state index in [0.717, 1.165) is 49.7 Å². The second-order valence-electron chi connectivity index (χ2n) is 6.90. The maximum Gasteiger partial charge on any atom is 0.0841 e. The quantitative estimate of drug-likeness (QED) is 0.721. The van der Waals surface area contributed by atoms with E-state index in [-0.39, 0.29) is 0 Å². The Bertz CT molecular complexity index is 863.